The van der Waals surface area contributed by atoms with Crippen molar-refractivity contribution in [2.75, 3.05) is 0 Å². The van der Waals surface area contributed by atoms with Crippen molar-refractivity contribution in [1.29, 1.82) is 0 Å². The molecule has 0 saturated heterocycles. The Kier molecular flexibility index (Phi) is 5.86. The van der Waals surface area contributed by atoms with Crippen molar-refractivity contribution in [2.24, 2.45) is 17.8 Å². The molecule has 0 heterocycles. The zero-order valence-corrected chi connectivity index (χ0v) is 18.8. The van der Waals surface area contributed by atoms with E-state index >= 15 is 0 Å². The maximum atomic E-state index is 12.9. The molecule has 1 atom stereocenters. The van der Waals surface area contributed by atoms with Gasteiger partial charge >= 0.3 is 5.97 Å². The lowest BCUT2D eigenvalue weighted by Crippen LogP contribution is -2.32. The Morgan fingerprint density at radius 2 is 1.63 bits per heavy atom. The van der Waals surface area contributed by atoms with Crippen LogP contribution in [0.3, 0.4) is 0 Å². The van der Waals surface area contributed by atoms with Crippen LogP contribution in [0, 0.1) is 17.8 Å². The van der Waals surface area contributed by atoms with Crippen LogP contribution in [-0.2, 0) is 15.1 Å². The van der Waals surface area contributed by atoms with Crippen LogP contribution in [0.4, 0.5) is 0 Å². The molecule has 1 aliphatic carbocycles. The van der Waals surface area contributed by atoms with Gasteiger partial charge in [-0.1, -0.05) is 68.8 Å². The smallest absolute Gasteiger partial charge is 0.309 e. The van der Waals surface area contributed by atoms with Gasteiger partial charge in [-0.25, -0.2) is 0 Å². The van der Waals surface area contributed by atoms with E-state index in [-0.39, 0.29) is 11.9 Å². The summed E-state index contributed by atoms with van der Waals surface area (Å²) in [6.07, 6.45) is 5.46. The largest absolute Gasteiger partial charge is 0.455 e. The standard InChI is InChI=1S/C28H34O2/c1-5-19(2)20-10-13-22(14-11-20)27(29)30-28(3,4)24-16-17-26-23(18-24)15-12-21-8-6-7-9-25(21)26/h6-9,12,15-20,22H,5,10-11,13-14H2,1-4H3. The highest BCUT2D eigenvalue weighted by atomic mass is 16.6. The number of ether oxygens (including phenoxy) is 1. The zero-order chi connectivity index (χ0) is 21.3. The van der Waals surface area contributed by atoms with Crippen molar-refractivity contribution in [3.05, 3.63) is 60.2 Å². The molecule has 0 radical (unpaired) electrons. The minimum atomic E-state index is -0.634. The molecule has 1 saturated carbocycles. The number of carbonyl (C=O) groups is 1. The predicted molar refractivity (Wildman–Crippen MR) is 125 cm³/mol. The maximum Gasteiger partial charge on any atom is 0.309 e. The minimum Gasteiger partial charge on any atom is -0.455 e. The molecule has 4 rings (SSSR count). The maximum absolute atomic E-state index is 12.9. The number of hydrogen-bond donors (Lipinski definition) is 0. The summed E-state index contributed by atoms with van der Waals surface area (Å²) in [5, 5.41) is 4.93. The number of esters is 1. The average molecular weight is 403 g/mol. The van der Waals surface area contributed by atoms with Gasteiger partial charge < -0.3 is 4.74 Å². The van der Waals surface area contributed by atoms with Crippen LogP contribution in [0.25, 0.3) is 21.5 Å². The fourth-order valence-electron chi connectivity index (χ4n) is 5.04. The summed E-state index contributed by atoms with van der Waals surface area (Å²) in [7, 11) is 0. The van der Waals surface area contributed by atoms with E-state index in [0.29, 0.717) is 0 Å². The van der Waals surface area contributed by atoms with Crippen molar-refractivity contribution in [3.63, 3.8) is 0 Å². The number of rotatable bonds is 5. The van der Waals surface area contributed by atoms with Crippen LogP contribution < -0.4 is 0 Å². The van der Waals surface area contributed by atoms with E-state index in [0.717, 1.165) is 43.1 Å². The van der Waals surface area contributed by atoms with Crippen LogP contribution in [0.5, 0.6) is 0 Å². The van der Waals surface area contributed by atoms with Crippen LogP contribution in [0.15, 0.2) is 54.6 Å². The molecular weight excluding hydrogens is 368 g/mol. The van der Waals surface area contributed by atoms with Crippen molar-refractivity contribution in [3.8, 4) is 0 Å². The Bertz CT molecular complexity index is 1040. The normalized spacial score (nSPS) is 20.9. The van der Waals surface area contributed by atoms with Gasteiger partial charge in [-0.2, -0.15) is 0 Å². The number of fused-ring (bicyclic) bond motifs is 3. The highest BCUT2D eigenvalue weighted by molar-refractivity contribution is 6.07. The topological polar surface area (TPSA) is 26.3 Å². The van der Waals surface area contributed by atoms with Gasteiger partial charge in [0.1, 0.15) is 5.60 Å². The van der Waals surface area contributed by atoms with Crippen molar-refractivity contribution in [1.82, 2.24) is 0 Å². The Hall–Kier alpha value is -2.35. The van der Waals surface area contributed by atoms with Crippen LogP contribution in [0.1, 0.15) is 65.4 Å². The average Bonchev–Trinajstić information content (AvgIpc) is 2.77. The fraction of sp³-hybridized carbons (Fsp3) is 0.464. The first-order valence-electron chi connectivity index (χ1n) is 11.5. The Morgan fingerprint density at radius 1 is 0.967 bits per heavy atom. The second-order valence-electron chi connectivity index (χ2n) is 9.65. The van der Waals surface area contributed by atoms with E-state index in [1.54, 1.807) is 0 Å². The fourth-order valence-corrected chi connectivity index (χ4v) is 5.04. The zero-order valence-electron chi connectivity index (χ0n) is 18.8. The van der Waals surface area contributed by atoms with E-state index in [4.69, 9.17) is 4.74 Å². The Morgan fingerprint density at radius 3 is 2.37 bits per heavy atom. The summed E-state index contributed by atoms with van der Waals surface area (Å²) in [6, 6.07) is 19.2. The molecule has 3 aromatic carbocycles. The third-order valence-electron chi connectivity index (χ3n) is 7.35. The third kappa shape index (κ3) is 4.10. The summed E-state index contributed by atoms with van der Waals surface area (Å²) in [6.45, 7) is 8.63. The third-order valence-corrected chi connectivity index (χ3v) is 7.35. The van der Waals surface area contributed by atoms with E-state index in [1.165, 1.54) is 28.0 Å². The van der Waals surface area contributed by atoms with Gasteiger partial charge in [0.2, 0.25) is 0 Å². The second-order valence-corrected chi connectivity index (χ2v) is 9.65. The van der Waals surface area contributed by atoms with E-state index in [9.17, 15) is 4.79 Å². The van der Waals surface area contributed by atoms with Gasteiger partial charge in [0.05, 0.1) is 5.92 Å². The van der Waals surface area contributed by atoms with Gasteiger partial charge in [0.15, 0.2) is 0 Å². The highest BCUT2D eigenvalue weighted by Crippen LogP contribution is 2.37. The van der Waals surface area contributed by atoms with Crippen LogP contribution in [0.2, 0.25) is 0 Å². The quantitative estimate of drug-likeness (QED) is 0.324. The van der Waals surface area contributed by atoms with E-state index < -0.39 is 5.60 Å². The summed E-state index contributed by atoms with van der Waals surface area (Å²) < 4.78 is 6.08. The lowest BCUT2D eigenvalue weighted by molar-refractivity contribution is -0.164. The molecule has 1 unspecified atom stereocenters. The first kappa shape index (κ1) is 20.9. The first-order chi connectivity index (χ1) is 14.4. The second kappa shape index (κ2) is 8.41. The molecule has 1 fully saturated rings. The molecule has 158 valence electrons. The van der Waals surface area contributed by atoms with Gasteiger partial charge in [0.25, 0.3) is 0 Å². The van der Waals surface area contributed by atoms with Crippen molar-refractivity contribution >= 4 is 27.5 Å². The highest BCUT2D eigenvalue weighted by Gasteiger charge is 2.33. The molecule has 0 aromatic heterocycles. The molecule has 3 aromatic rings. The monoisotopic (exact) mass is 402 g/mol. The molecule has 0 N–H and O–H groups in total. The molecule has 2 nitrogen and oxygen atoms in total. The van der Waals surface area contributed by atoms with Gasteiger partial charge in [0, 0.05) is 0 Å². The molecule has 0 bridgehead atoms. The lowest BCUT2D eigenvalue weighted by Gasteiger charge is -2.33. The number of carbonyl (C=O) groups excluding carboxylic acids is 1. The summed E-state index contributed by atoms with van der Waals surface area (Å²) >= 11 is 0. The van der Waals surface area contributed by atoms with Crippen molar-refractivity contribution in [2.45, 2.75) is 65.4 Å². The lowest BCUT2D eigenvalue weighted by atomic mass is 9.75. The molecule has 0 amide bonds. The molecule has 0 spiro atoms. The summed E-state index contributed by atoms with van der Waals surface area (Å²) in [5.74, 6) is 1.55. The molecule has 30 heavy (non-hydrogen) atoms. The van der Waals surface area contributed by atoms with Crippen LogP contribution in [-0.4, -0.2) is 5.97 Å². The van der Waals surface area contributed by atoms with Gasteiger partial charge in [-0.05, 0) is 84.5 Å². The molecule has 0 aliphatic heterocycles. The summed E-state index contributed by atoms with van der Waals surface area (Å²) in [5.41, 5.74) is 0.414. The molecular formula is C28H34O2. The number of hydrogen-bond acceptors (Lipinski definition) is 2. The van der Waals surface area contributed by atoms with Gasteiger partial charge in [-0.15, -0.1) is 0 Å². The van der Waals surface area contributed by atoms with Crippen LogP contribution >= 0.6 is 0 Å². The summed E-state index contributed by atoms with van der Waals surface area (Å²) in [4.78, 5) is 12.9. The van der Waals surface area contributed by atoms with E-state index in [1.807, 2.05) is 13.8 Å². The first-order valence-corrected chi connectivity index (χ1v) is 11.5. The minimum absolute atomic E-state index is 0.0267. The van der Waals surface area contributed by atoms with Crippen molar-refractivity contribution < 1.29 is 9.53 Å². The predicted octanol–water partition coefficient (Wildman–Crippen LogP) is 7.62. The van der Waals surface area contributed by atoms with Gasteiger partial charge in [-0.3, -0.25) is 4.79 Å². The molecule has 2 heteroatoms. The number of benzene rings is 3. The Labute approximate surface area is 180 Å². The van der Waals surface area contributed by atoms with E-state index in [2.05, 4.69) is 68.4 Å². The SMILES string of the molecule is CCC(C)C1CCC(C(=O)OC(C)(C)c2ccc3c(ccc4ccccc43)c2)CC1. The Balaban J connectivity index is 1.50. The molecule has 1 aliphatic rings.